The van der Waals surface area contributed by atoms with Gasteiger partial charge in [0.25, 0.3) is 0 Å². The Hall–Kier alpha value is -1.59. The van der Waals surface area contributed by atoms with Crippen LogP contribution >= 0.6 is 7.82 Å². The fourth-order valence-electron chi connectivity index (χ4n) is 3.87. The lowest BCUT2D eigenvalue weighted by Gasteiger charge is -2.19. The molecule has 0 bridgehead atoms. The maximum atomic E-state index is 12.0. The van der Waals surface area contributed by atoms with Crippen molar-refractivity contribution in [1.82, 2.24) is 0 Å². The van der Waals surface area contributed by atoms with E-state index in [9.17, 15) is 29.5 Å². The third-order valence-corrected chi connectivity index (χ3v) is 6.11. The summed E-state index contributed by atoms with van der Waals surface area (Å²) in [6.07, 6.45) is 7.65. The number of hydrogen-bond donors (Lipinski definition) is 5. The molecule has 35 heavy (non-hydrogen) atoms. The molecular formula is C23H39O11P. The summed E-state index contributed by atoms with van der Waals surface area (Å²) in [6, 6.07) is 0. The summed E-state index contributed by atoms with van der Waals surface area (Å²) in [7, 11) is -4.77. The zero-order valence-corrected chi connectivity index (χ0v) is 21.2. The van der Waals surface area contributed by atoms with Gasteiger partial charge in [0.1, 0.15) is 6.61 Å². The van der Waals surface area contributed by atoms with Crippen LogP contribution in [0.3, 0.4) is 0 Å². The zero-order chi connectivity index (χ0) is 26.4. The van der Waals surface area contributed by atoms with Gasteiger partial charge in [-0.3, -0.25) is 14.1 Å². The van der Waals surface area contributed by atoms with E-state index in [0.717, 1.165) is 26.2 Å². The summed E-state index contributed by atoms with van der Waals surface area (Å²) < 4.78 is 24.9. The largest absolute Gasteiger partial charge is 0.469 e. The third-order valence-electron chi connectivity index (χ3n) is 5.63. The third kappa shape index (κ3) is 13.9. The molecule has 0 heterocycles. The summed E-state index contributed by atoms with van der Waals surface area (Å²) in [5, 5.41) is 30.7. The number of allylic oxidation sites excluding steroid dienone is 1. The van der Waals surface area contributed by atoms with Crippen LogP contribution in [0.25, 0.3) is 0 Å². The number of aliphatic hydroxyl groups excluding tert-OH is 3. The Labute approximate surface area is 206 Å². The first kappa shape index (κ1) is 31.4. The normalized spacial score (nSPS) is 24.7. The van der Waals surface area contributed by atoms with E-state index in [4.69, 9.17) is 19.3 Å². The topological polar surface area (TPSA) is 180 Å². The number of aliphatic hydroxyl groups is 3. The number of esters is 2. The molecule has 0 aliphatic heterocycles. The molecule has 1 rings (SSSR count). The van der Waals surface area contributed by atoms with Gasteiger partial charge >= 0.3 is 19.8 Å². The predicted octanol–water partition coefficient (Wildman–Crippen LogP) is 1.76. The van der Waals surface area contributed by atoms with Crippen LogP contribution in [-0.4, -0.2) is 74.7 Å². The Balaban J connectivity index is 2.51. The van der Waals surface area contributed by atoms with Crippen LogP contribution in [0, 0.1) is 11.8 Å². The molecule has 5 N–H and O–H groups in total. The molecule has 1 saturated carbocycles. The van der Waals surface area contributed by atoms with Crippen LogP contribution in [0.2, 0.25) is 0 Å². The number of carbonyl (C=O) groups excluding carboxylic acids is 2. The van der Waals surface area contributed by atoms with Crippen molar-refractivity contribution in [3.63, 3.8) is 0 Å². The molecule has 11 nitrogen and oxygen atoms in total. The predicted molar refractivity (Wildman–Crippen MR) is 126 cm³/mol. The minimum atomic E-state index is -4.77. The van der Waals surface area contributed by atoms with Crippen molar-refractivity contribution in [3.8, 4) is 0 Å². The van der Waals surface area contributed by atoms with Crippen molar-refractivity contribution in [2.24, 2.45) is 11.8 Å². The molecule has 0 radical (unpaired) electrons. The summed E-state index contributed by atoms with van der Waals surface area (Å²) >= 11 is 0. The first-order valence-corrected chi connectivity index (χ1v) is 13.4. The fraction of sp³-hybridized carbons (Fsp3) is 0.739. The van der Waals surface area contributed by atoms with E-state index in [2.05, 4.69) is 11.4 Å². The lowest BCUT2D eigenvalue weighted by Crippen LogP contribution is -2.28. The smallest absolute Gasteiger partial charge is 0.461 e. The van der Waals surface area contributed by atoms with E-state index in [-0.39, 0.29) is 24.7 Å². The van der Waals surface area contributed by atoms with E-state index in [1.165, 1.54) is 0 Å². The Morgan fingerprint density at radius 1 is 1.11 bits per heavy atom. The zero-order valence-electron chi connectivity index (χ0n) is 20.3. The van der Waals surface area contributed by atoms with E-state index < -0.39 is 57.4 Å². The first-order valence-electron chi connectivity index (χ1n) is 11.8. The van der Waals surface area contributed by atoms with Crippen molar-refractivity contribution in [2.45, 2.75) is 83.2 Å². The van der Waals surface area contributed by atoms with Gasteiger partial charge in [0.05, 0.1) is 31.3 Å². The van der Waals surface area contributed by atoms with Gasteiger partial charge in [0, 0.05) is 19.3 Å². The summed E-state index contributed by atoms with van der Waals surface area (Å²) in [4.78, 5) is 40.6. The summed E-state index contributed by atoms with van der Waals surface area (Å²) in [5.74, 6) is -1.97. The molecule has 202 valence electrons. The molecule has 0 aromatic rings. The van der Waals surface area contributed by atoms with Crippen molar-refractivity contribution in [1.29, 1.82) is 0 Å². The highest BCUT2D eigenvalue weighted by molar-refractivity contribution is 7.46. The number of hydrogen-bond acceptors (Lipinski definition) is 9. The van der Waals surface area contributed by atoms with Gasteiger partial charge in [-0.2, -0.15) is 0 Å². The highest BCUT2D eigenvalue weighted by atomic mass is 31.2. The molecule has 0 unspecified atom stereocenters. The molecule has 0 spiro atoms. The van der Waals surface area contributed by atoms with Crippen LogP contribution in [0.1, 0.15) is 58.8 Å². The molecule has 0 saturated heterocycles. The number of phosphoric ester groups is 1. The molecule has 0 amide bonds. The number of phosphoric acid groups is 1. The van der Waals surface area contributed by atoms with Crippen LogP contribution < -0.4 is 0 Å². The van der Waals surface area contributed by atoms with Crippen molar-refractivity contribution in [2.75, 3.05) is 13.2 Å². The van der Waals surface area contributed by atoms with E-state index in [0.29, 0.717) is 12.8 Å². The van der Waals surface area contributed by atoms with Crippen LogP contribution in [-0.2, 0) is 28.2 Å². The summed E-state index contributed by atoms with van der Waals surface area (Å²) in [6.45, 7) is 2.10. The fourth-order valence-corrected chi connectivity index (χ4v) is 4.23. The summed E-state index contributed by atoms with van der Waals surface area (Å²) in [5.41, 5.74) is 0. The number of unbranched alkanes of at least 4 members (excludes halogenated alkanes) is 2. The Kier molecular flexibility index (Phi) is 14.6. The van der Waals surface area contributed by atoms with Gasteiger partial charge < -0.3 is 34.6 Å². The van der Waals surface area contributed by atoms with Gasteiger partial charge in [0.2, 0.25) is 0 Å². The minimum absolute atomic E-state index is 0.117. The first-order chi connectivity index (χ1) is 16.4. The van der Waals surface area contributed by atoms with Gasteiger partial charge in [-0.15, -0.1) is 0 Å². The van der Waals surface area contributed by atoms with Crippen molar-refractivity contribution >= 4 is 19.8 Å². The highest BCUT2D eigenvalue weighted by Crippen LogP contribution is 2.37. The van der Waals surface area contributed by atoms with E-state index in [1.807, 2.05) is 0 Å². The van der Waals surface area contributed by atoms with E-state index in [1.54, 1.807) is 24.3 Å². The van der Waals surface area contributed by atoms with Gasteiger partial charge in [0.15, 0.2) is 6.10 Å². The quantitative estimate of drug-likeness (QED) is 0.0862. The van der Waals surface area contributed by atoms with Crippen molar-refractivity contribution in [3.05, 3.63) is 24.3 Å². The maximum Gasteiger partial charge on any atom is 0.469 e. The van der Waals surface area contributed by atoms with E-state index >= 15 is 0 Å². The molecule has 1 aliphatic rings. The Bertz CT molecular complexity index is 748. The van der Waals surface area contributed by atoms with Crippen LogP contribution in [0.5, 0.6) is 0 Å². The Morgan fingerprint density at radius 2 is 1.83 bits per heavy atom. The minimum Gasteiger partial charge on any atom is -0.461 e. The average Bonchev–Trinajstić information content (AvgIpc) is 3.03. The lowest BCUT2D eigenvalue weighted by atomic mass is 9.89. The maximum absolute atomic E-state index is 12.0. The van der Waals surface area contributed by atoms with Gasteiger partial charge in [-0.05, 0) is 18.8 Å². The lowest BCUT2D eigenvalue weighted by molar-refractivity contribution is -0.159. The molecule has 1 aliphatic carbocycles. The van der Waals surface area contributed by atoms with Gasteiger partial charge in [-0.1, -0.05) is 50.5 Å². The van der Waals surface area contributed by atoms with Crippen LogP contribution in [0.15, 0.2) is 24.3 Å². The monoisotopic (exact) mass is 522 g/mol. The Morgan fingerprint density at radius 3 is 2.46 bits per heavy atom. The number of ether oxygens (including phenoxy) is 2. The molecule has 6 atom stereocenters. The second-order valence-electron chi connectivity index (χ2n) is 8.67. The van der Waals surface area contributed by atoms with Crippen LogP contribution in [0.4, 0.5) is 0 Å². The molecular weight excluding hydrogens is 483 g/mol. The molecule has 0 aromatic heterocycles. The average molecular weight is 523 g/mol. The van der Waals surface area contributed by atoms with Gasteiger partial charge in [-0.25, -0.2) is 4.57 Å². The number of rotatable bonds is 16. The highest BCUT2D eigenvalue weighted by Gasteiger charge is 2.39. The second-order valence-corrected chi connectivity index (χ2v) is 9.91. The standard InChI is InChI=1S/C23H39O11P/c1-3-4-5-8-17(25)11-12-20-19(21(26)13-22(20)27)9-6-7-10-23(28)32-14-18(34-16(2)24)15-33-35(29,30)31/h6-7,11-12,17-22,25-27H,3-5,8-10,13-15H2,1-2H3,(H2,29,30,31)/b7-6-,12-11+/t17-,18-,19+,20-,21+,22-/m1/s1. The SMILES string of the molecule is CCCCC[C@@H](O)/C=C/[C@@H]1[C@H](C/C=C\CC(=O)OC[C@H](COP(=O)(O)O)OC(C)=O)[C@@H](O)C[C@H]1O. The number of carbonyl (C=O) groups is 2. The van der Waals surface area contributed by atoms with Crippen molar-refractivity contribution < 1.29 is 53.3 Å². The molecule has 1 fully saturated rings. The molecule has 0 aromatic carbocycles. The molecule has 12 heteroatoms. The second kappa shape index (κ2) is 16.2.